The molecule has 2 unspecified atom stereocenters. The topological polar surface area (TPSA) is 36.4 Å². The van der Waals surface area contributed by atoms with Crippen molar-refractivity contribution in [3.05, 3.63) is 58.3 Å². The largest absolute Gasteiger partial charge is 0.357 e. The van der Waals surface area contributed by atoms with Gasteiger partial charge < -0.3 is 10.6 Å². The van der Waals surface area contributed by atoms with Crippen LogP contribution in [0.3, 0.4) is 0 Å². The number of aliphatic imine (C=N–C) groups is 1. The van der Waals surface area contributed by atoms with Crippen molar-refractivity contribution in [2.24, 2.45) is 4.99 Å². The average molecular weight is 443 g/mol. The van der Waals surface area contributed by atoms with E-state index in [-0.39, 0.29) is 30.0 Å². The predicted molar refractivity (Wildman–Crippen MR) is 112 cm³/mol. The van der Waals surface area contributed by atoms with E-state index in [1.165, 1.54) is 10.4 Å². The molecule has 0 aliphatic carbocycles. The summed E-state index contributed by atoms with van der Waals surface area (Å²) in [5.41, 5.74) is 1.26. The Morgan fingerprint density at radius 2 is 1.87 bits per heavy atom. The Hall–Kier alpha value is -1.08. The average Bonchev–Trinajstić information content (AvgIpc) is 3.08. The van der Waals surface area contributed by atoms with E-state index in [1.54, 1.807) is 11.3 Å². The number of thiophene rings is 1. The Labute approximate surface area is 160 Å². The molecular weight excluding hydrogens is 417 g/mol. The highest BCUT2D eigenvalue weighted by Crippen LogP contribution is 2.20. The van der Waals surface area contributed by atoms with Crippen molar-refractivity contribution in [2.75, 3.05) is 13.1 Å². The van der Waals surface area contributed by atoms with Crippen molar-refractivity contribution in [2.45, 2.75) is 32.7 Å². The maximum Gasteiger partial charge on any atom is 0.191 e. The molecule has 1 heterocycles. The highest BCUT2D eigenvalue weighted by atomic mass is 127. The highest BCUT2D eigenvalue weighted by molar-refractivity contribution is 14.0. The molecule has 0 bridgehead atoms. The van der Waals surface area contributed by atoms with Crippen LogP contribution in [0.25, 0.3) is 0 Å². The van der Waals surface area contributed by atoms with Crippen LogP contribution in [-0.2, 0) is 0 Å². The number of guanidine groups is 1. The first-order valence-corrected chi connectivity index (χ1v) is 8.71. The summed E-state index contributed by atoms with van der Waals surface area (Å²) >= 11 is 1.80. The Bertz CT molecular complexity index is 569. The summed E-state index contributed by atoms with van der Waals surface area (Å²) < 4.78 is 0. The first-order valence-electron chi connectivity index (χ1n) is 7.84. The third kappa shape index (κ3) is 6.51. The van der Waals surface area contributed by atoms with Crippen LogP contribution in [0.15, 0.2) is 52.8 Å². The van der Waals surface area contributed by atoms with Gasteiger partial charge in [-0.1, -0.05) is 43.3 Å². The van der Waals surface area contributed by atoms with Gasteiger partial charge in [0.05, 0.1) is 12.6 Å². The van der Waals surface area contributed by atoms with Crippen LogP contribution >= 0.6 is 35.3 Å². The van der Waals surface area contributed by atoms with E-state index in [9.17, 15) is 0 Å². The van der Waals surface area contributed by atoms with Crippen molar-refractivity contribution in [3.63, 3.8) is 0 Å². The molecule has 0 radical (unpaired) electrons. The molecule has 0 aliphatic heterocycles. The van der Waals surface area contributed by atoms with Crippen LogP contribution in [0.4, 0.5) is 0 Å². The molecular formula is C18H26IN3S. The van der Waals surface area contributed by atoms with Gasteiger partial charge in [0.15, 0.2) is 5.96 Å². The van der Waals surface area contributed by atoms with Crippen LogP contribution < -0.4 is 10.6 Å². The number of nitrogens with one attached hydrogen (secondary N) is 2. The lowest BCUT2D eigenvalue weighted by Gasteiger charge is -2.18. The van der Waals surface area contributed by atoms with Crippen molar-refractivity contribution in [3.8, 4) is 0 Å². The fourth-order valence-electron chi connectivity index (χ4n) is 2.24. The molecule has 0 spiro atoms. The third-order valence-electron chi connectivity index (χ3n) is 3.55. The summed E-state index contributed by atoms with van der Waals surface area (Å²) in [7, 11) is 0. The molecule has 0 saturated carbocycles. The molecule has 0 aliphatic rings. The van der Waals surface area contributed by atoms with Gasteiger partial charge in [-0.15, -0.1) is 35.3 Å². The van der Waals surface area contributed by atoms with E-state index in [2.05, 4.69) is 73.2 Å². The van der Waals surface area contributed by atoms with Crippen LogP contribution in [-0.4, -0.2) is 19.0 Å². The Morgan fingerprint density at radius 3 is 2.48 bits per heavy atom. The number of nitrogens with zero attached hydrogens (tertiary/aromatic N) is 1. The quantitative estimate of drug-likeness (QED) is 0.383. The first-order chi connectivity index (χ1) is 10.7. The smallest absolute Gasteiger partial charge is 0.191 e. The molecule has 2 N–H and O–H groups in total. The second-order valence-corrected chi connectivity index (χ2v) is 6.39. The van der Waals surface area contributed by atoms with E-state index in [0.29, 0.717) is 5.92 Å². The number of benzene rings is 1. The fourth-order valence-corrected chi connectivity index (χ4v) is 3.02. The van der Waals surface area contributed by atoms with E-state index < -0.39 is 0 Å². The SMILES string of the molecule is CCNC(=NCC(C)c1cccs1)NC(C)c1ccccc1.I. The van der Waals surface area contributed by atoms with Gasteiger partial charge in [0, 0.05) is 17.3 Å². The van der Waals surface area contributed by atoms with Crippen LogP contribution in [0, 0.1) is 0 Å². The molecule has 0 amide bonds. The standard InChI is InChI=1S/C18H25N3S.HI/c1-4-19-18(20-13-14(2)17-11-8-12-22-17)21-15(3)16-9-6-5-7-10-16;/h5-12,14-15H,4,13H2,1-3H3,(H2,19,20,21);1H. The molecule has 5 heteroatoms. The van der Waals surface area contributed by atoms with E-state index in [4.69, 9.17) is 4.99 Å². The van der Waals surface area contributed by atoms with Gasteiger partial charge in [0.1, 0.15) is 0 Å². The van der Waals surface area contributed by atoms with Gasteiger partial charge in [0.2, 0.25) is 0 Å². The maximum absolute atomic E-state index is 4.74. The molecule has 126 valence electrons. The van der Waals surface area contributed by atoms with Crippen LogP contribution in [0.5, 0.6) is 0 Å². The van der Waals surface area contributed by atoms with Crippen molar-refractivity contribution in [1.29, 1.82) is 0 Å². The van der Waals surface area contributed by atoms with Crippen molar-refractivity contribution >= 4 is 41.3 Å². The zero-order valence-electron chi connectivity index (χ0n) is 14.0. The number of rotatable bonds is 6. The Kier molecular flexibility index (Phi) is 9.24. The summed E-state index contributed by atoms with van der Waals surface area (Å²) in [6.45, 7) is 8.12. The normalized spacial score (nSPS) is 13.8. The molecule has 2 rings (SSSR count). The summed E-state index contributed by atoms with van der Waals surface area (Å²) in [6.07, 6.45) is 0. The zero-order valence-corrected chi connectivity index (χ0v) is 17.1. The summed E-state index contributed by atoms with van der Waals surface area (Å²) in [4.78, 5) is 6.12. The molecule has 1 aromatic carbocycles. The fraction of sp³-hybridized carbons (Fsp3) is 0.389. The van der Waals surface area contributed by atoms with Gasteiger partial charge in [-0.3, -0.25) is 4.99 Å². The molecule has 2 atom stereocenters. The molecule has 0 fully saturated rings. The minimum Gasteiger partial charge on any atom is -0.357 e. The molecule has 1 aromatic heterocycles. The monoisotopic (exact) mass is 443 g/mol. The Morgan fingerprint density at radius 1 is 1.13 bits per heavy atom. The van der Waals surface area contributed by atoms with Gasteiger partial charge in [-0.05, 0) is 30.9 Å². The third-order valence-corrected chi connectivity index (χ3v) is 4.65. The maximum atomic E-state index is 4.74. The summed E-state index contributed by atoms with van der Waals surface area (Å²) in [5, 5.41) is 8.92. The molecule has 3 nitrogen and oxygen atoms in total. The summed E-state index contributed by atoms with van der Waals surface area (Å²) in [6, 6.07) is 14.9. The number of hydrogen-bond acceptors (Lipinski definition) is 2. The van der Waals surface area contributed by atoms with Crippen LogP contribution in [0.1, 0.15) is 43.2 Å². The van der Waals surface area contributed by atoms with Crippen LogP contribution in [0.2, 0.25) is 0 Å². The molecule has 2 aromatic rings. The molecule has 23 heavy (non-hydrogen) atoms. The first kappa shape index (κ1) is 20.0. The minimum absolute atomic E-state index is 0. The number of hydrogen-bond donors (Lipinski definition) is 2. The highest BCUT2D eigenvalue weighted by Gasteiger charge is 2.09. The van der Waals surface area contributed by atoms with Crippen molar-refractivity contribution < 1.29 is 0 Å². The van der Waals surface area contributed by atoms with Gasteiger partial charge in [0.25, 0.3) is 0 Å². The van der Waals surface area contributed by atoms with Gasteiger partial charge in [-0.25, -0.2) is 0 Å². The second-order valence-electron chi connectivity index (χ2n) is 5.41. The lowest BCUT2D eigenvalue weighted by atomic mass is 10.1. The van der Waals surface area contributed by atoms with E-state index >= 15 is 0 Å². The van der Waals surface area contributed by atoms with Gasteiger partial charge in [-0.2, -0.15) is 0 Å². The molecule has 0 saturated heterocycles. The Balaban J connectivity index is 0.00000264. The van der Waals surface area contributed by atoms with Crippen molar-refractivity contribution in [1.82, 2.24) is 10.6 Å². The minimum atomic E-state index is 0. The van der Waals surface area contributed by atoms with Gasteiger partial charge >= 0.3 is 0 Å². The lowest BCUT2D eigenvalue weighted by Crippen LogP contribution is -2.39. The van der Waals surface area contributed by atoms with E-state index in [0.717, 1.165) is 19.0 Å². The van der Waals surface area contributed by atoms with E-state index in [1.807, 2.05) is 6.07 Å². The predicted octanol–water partition coefficient (Wildman–Crippen LogP) is 4.79. The zero-order chi connectivity index (χ0) is 15.8. The number of halogens is 1. The lowest BCUT2D eigenvalue weighted by molar-refractivity contribution is 0.679. The summed E-state index contributed by atoms with van der Waals surface area (Å²) in [5.74, 6) is 1.32. The second kappa shape index (κ2) is 10.6.